The van der Waals surface area contributed by atoms with Gasteiger partial charge in [-0.2, -0.15) is 5.26 Å². The van der Waals surface area contributed by atoms with Gasteiger partial charge < -0.3 is 15.6 Å². The van der Waals surface area contributed by atoms with Crippen LogP contribution in [0.5, 0.6) is 5.75 Å². The first kappa shape index (κ1) is 14.3. The summed E-state index contributed by atoms with van der Waals surface area (Å²) in [5.41, 5.74) is 6.49. The van der Waals surface area contributed by atoms with Crippen LogP contribution in [-0.4, -0.2) is 11.1 Å². The summed E-state index contributed by atoms with van der Waals surface area (Å²) in [5.74, 6) is -1.62. The highest BCUT2D eigenvalue weighted by atomic mass is 19.1. The number of nitrogens with two attached hydrogens (primary N) is 1. The lowest BCUT2D eigenvalue weighted by Crippen LogP contribution is -2.04. The van der Waals surface area contributed by atoms with E-state index in [4.69, 9.17) is 20.8 Å². The number of hydrogen-bond acceptors (Lipinski definition) is 4. The first-order valence-corrected chi connectivity index (χ1v) is 5.95. The molecule has 0 aromatic heterocycles. The molecule has 0 saturated heterocycles. The highest BCUT2D eigenvalue weighted by Gasteiger charge is 2.12. The molecular formula is C15H11FN2O3. The highest BCUT2D eigenvalue weighted by Crippen LogP contribution is 2.23. The Balaban J connectivity index is 2.24. The third-order valence-electron chi connectivity index (χ3n) is 2.72. The second-order valence-corrected chi connectivity index (χ2v) is 4.31. The number of carbonyl (C=O) groups is 1. The molecule has 3 N–H and O–H groups in total. The van der Waals surface area contributed by atoms with Crippen LogP contribution in [-0.2, 0) is 6.61 Å². The summed E-state index contributed by atoms with van der Waals surface area (Å²) in [5, 5.41) is 17.8. The topological polar surface area (TPSA) is 96.3 Å². The number of aromatic carboxylic acids is 1. The number of nitriles is 1. The van der Waals surface area contributed by atoms with Crippen molar-refractivity contribution in [3.8, 4) is 11.8 Å². The number of nitrogen functional groups attached to an aromatic ring is 1. The first-order chi connectivity index (χ1) is 9.99. The third kappa shape index (κ3) is 3.48. The predicted molar refractivity (Wildman–Crippen MR) is 73.3 cm³/mol. The maximum absolute atomic E-state index is 13.3. The van der Waals surface area contributed by atoms with Crippen molar-refractivity contribution >= 4 is 11.7 Å². The molecule has 21 heavy (non-hydrogen) atoms. The molecule has 0 fully saturated rings. The van der Waals surface area contributed by atoms with Gasteiger partial charge in [-0.1, -0.05) is 0 Å². The molecule has 0 aliphatic rings. The summed E-state index contributed by atoms with van der Waals surface area (Å²) in [6.07, 6.45) is 0. The number of halogens is 1. The van der Waals surface area contributed by atoms with E-state index in [1.165, 1.54) is 30.3 Å². The second kappa shape index (κ2) is 5.92. The zero-order valence-corrected chi connectivity index (χ0v) is 10.8. The molecule has 0 atom stereocenters. The molecule has 5 nitrogen and oxygen atoms in total. The Morgan fingerprint density at radius 1 is 1.33 bits per heavy atom. The normalized spacial score (nSPS) is 9.90. The lowest BCUT2D eigenvalue weighted by atomic mass is 10.1. The van der Waals surface area contributed by atoms with Gasteiger partial charge in [-0.15, -0.1) is 0 Å². The molecule has 0 radical (unpaired) electrons. The van der Waals surface area contributed by atoms with Crippen molar-refractivity contribution in [1.82, 2.24) is 0 Å². The Morgan fingerprint density at radius 2 is 2.10 bits per heavy atom. The summed E-state index contributed by atoms with van der Waals surface area (Å²) in [4.78, 5) is 11.1. The maximum atomic E-state index is 13.3. The summed E-state index contributed by atoms with van der Waals surface area (Å²) in [6, 6.07) is 9.79. The van der Waals surface area contributed by atoms with Crippen LogP contribution in [0.15, 0.2) is 36.4 Å². The van der Waals surface area contributed by atoms with Crippen LogP contribution in [0.2, 0.25) is 0 Å². The average molecular weight is 286 g/mol. The molecular weight excluding hydrogens is 275 g/mol. The molecule has 106 valence electrons. The van der Waals surface area contributed by atoms with Crippen molar-refractivity contribution in [1.29, 1.82) is 5.26 Å². The monoisotopic (exact) mass is 286 g/mol. The molecule has 2 rings (SSSR count). The SMILES string of the molecule is N#Cc1cc(F)cc(COc2cc(N)ccc2C(=O)O)c1. The molecule has 0 saturated carbocycles. The molecule has 0 aliphatic heterocycles. The van der Waals surface area contributed by atoms with Crippen molar-refractivity contribution in [3.63, 3.8) is 0 Å². The van der Waals surface area contributed by atoms with Gasteiger partial charge >= 0.3 is 5.97 Å². The van der Waals surface area contributed by atoms with Crippen LogP contribution in [0.25, 0.3) is 0 Å². The minimum atomic E-state index is -1.15. The Labute approximate surface area is 120 Å². The number of anilines is 1. The van der Waals surface area contributed by atoms with Gasteiger partial charge in [-0.3, -0.25) is 0 Å². The van der Waals surface area contributed by atoms with Crippen molar-refractivity contribution in [2.45, 2.75) is 6.61 Å². The molecule has 2 aromatic rings. The Morgan fingerprint density at radius 3 is 2.76 bits per heavy atom. The zero-order chi connectivity index (χ0) is 15.4. The fourth-order valence-electron chi connectivity index (χ4n) is 1.79. The van der Waals surface area contributed by atoms with Crippen molar-refractivity contribution in [3.05, 3.63) is 58.9 Å². The minimum absolute atomic E-state index is 0.0406. The highest BCUT2D eigenvalue weighted by molar-refractivity contribution is 5.91. The number of rotatable bonds is 4. The van der Waals surface area contributed by atoms with E-state index in [1.54, 1.807) is 0 Å². The number of ether oxygens (including phenoxy) is 1. The molecule has 0 aliphatic carbocycles. The van der Waals surface area contributed by atoms with Crippen LogP contribution in [0, 0.1) is 17.1 Å². The second-order valence-electron chi connectivity index (χ2n) is 4.31. The number of benzene rings is 2. The number of hydrogen-bond donors (Lipinski definition) is 2. The van der Waals surface area contributed by atoms with E-state index < -0.39 is 11.8 Å². The summed E-state index contributed by atoms with van der Waals surface area (Å²) >= 11 is 0. The lowest BCUT2D eigenvalue weighted by Gasteiger charge is -2.10. The Kier molecular flexibility index (Phi) is 4.05. The van der Waals surface area contributed by atoms with Gasteiger partial charge in [-0.05, 0) is 35.9 Å². The van der Waals surface area contributed by atoms with Crippen molar-refractivity contribution in [2.75, 3.05) is 5.73 Å². The minimum Gasteiger partial charge on any atom is -0.488 e. The average Bonchev–Trinajstić information content (AvgIpc) is 2.44. The predicted octanol–water partition coefficient (Wildman–Crippen LogP) is 2.56. The number of carboxylic acid groups (broad SMARTS) is 1. The van der Waals surface area contributed by atoms with E-state index in [1.807, 2.05) is 6.07 Å². The smallest absolute Gasteiger partial charge is 0.339 e. The molecule has 2 aromatic carbocycles. The summed E-state index contributed by atoms with van der Waals surface area (Å²) in [6.45, 7) is -0.0732. The van der Waals surface area contributed by atoms with Gasteiger partial charge in [0.15, 0.2) is 0 Å². The fraction of sp³-hybridized carbons (Fsp3) is 0.0667. The van der Waals surface area contributed by atoms with Crippen LogP contribution < -0.4 is 10.5 Å². The van der Waals surface area contributed by atoms with E-state index >= 15 is 0 Å². The van der Waals surface area contributed by atoms with Gasteiger partial charge in [0.05, 0.1) is 11.6 Å². The van der Waals surface area contributed by atoms with E-state index in [0.717, 1.165) is 6.07 Å². The van der Waals surface area contributed by atoms with Crippen LogP contribution >= 0.6 is 0 Å². The van der Waals surface area contributed by atoms with Gasteiger partial charge in [-0.25, -0.2) is 9.18 Å². The quantitative estimate of drug-likeness (QED) is 0.842. The Bertz CT molecular complexity index is 738. The zero-order valence-electron chi connectivity index (χ0n) is 10.8. The Hall–Kier alpha value is -3.07. The standard InChI is InChI=1S/C15H11FN2O3/c16-11-4-9(7-17)3-10(5-11)8-21-14-6-12(18)1-2-13(14)15(19)20/h1-6H,8,18H2,(H,19,20). The lowest BCUT2D eigenvalue weighted by molar-refractivity contribution is 0.0692. The third-order valence-corrected chi connectivity index (χ3v) is 2.72. The van der Waals surface area contributed by atoms with E-state index in [0.29, 0.717) is 11.3 Å². The van der Waals surface area contributed by atoms with Crippen molar-refractivity contribution < 1.29 is 19.0 Å². The molecule has 0 bridgehead atoms. The molecule has 6 heteroatoms. The van der Waals surface area contributed by atoms with Gasteiger partial charge in [0.25, 0.3) is 0 Å². The molecule has 0 amide bonds. The van der Waals surface area contributed by atoms with Gasteiger partial charge in [0, 0.05) is 11.8 Å². The molecule has 0 heterocycles. The largest absolute Gasteiger partial charge is 0.488 e. The van der Waals surface area contributed by atoms with Gasteiger partial charge in [0.1, 0.15) is 23.7 Å². The van der Waals surface area contributed by atoms with Crippen LogP contribution in [0.3, 0.4) is 0 Å². The van der Waals surface area contributed by atoms with Crippen molar-refractivity contribution in [2.24, 2.45) is 0 Å². The molecule has 0 unspecified atom stereocenters. The van der Waals surface area contributed by atoms with Crippen LogP contribution in [0.1, 0.15) is 21.5 Å². The first-order valence-electron chi connectivity index (χ1n) is 5.95. The summed E-state index contributed by atoms with van der Waals surface area (Å²) in [7, 11) is 0. The van der Waals surface area contributed by atoms with E-state index in [9.17, 15) is 9.18 Å². The number of nitrogens with zero attached hydrogens (tertiary/aromatic N) is 1. The van der Waals surface area contributed by atoms with Gasteiger partial charge in [0.2, 0.25) is 0 Å². The molecule has 0 spiro atoms. The maximum Gasteiger partial charge on any atom is 0.339 e. The summed E-state index contributed by atoms with van der Waals surface area (Å²) < 4.78 is 18.7. The fourth-order valence-corrected chi connectivity index (χ4v) is 1.79. The number of carboxylic acids is 1. The van der Waals surface area contributed by atoms with Crippen LogP contribution in [0.4, 0.5) is 10.1 Å². The van der Waals surface area contributed by atoms with E-state index in [2.05, 4.69) is 0 Å². The van der Waals surface area contributed by atoms with E-state index in [-0.39, 0.29) is 23.5 Å².